The predicted molar refractivity (Wildman–Crippen MR) is 53.3 cm³/mol. The number of hydrogen-bond acceptors (Lipinski definition) is 2. The molecule has 2 heteroatoms. The maximum Gasteiger partial charge on any atom is 0.0160 e. The van der Waals surface area contributed by atoms with Gasteiger partial charge >= 0.3 is 0 Å². The van der Waals surface area contributed by atoms with Gasteiger partial charge in [-0.25, -0.2) is 0 Å². The highest BCUT2D eigenvalue weighted by Crippen LogP contribution is 2.08. The molecule has 1 aliphatic rings. The van der Waals surface area contributed by atoms with E-state index in [0.29, 0.717) is 0 Å². The fourth-order valence-electron chi connectivity index (χ4n) is 1.67. The van der Waals surface area contributed by atoms with Gasteiger partial charge in [-0.3, -0.25) is 0 Å². The minimum absolute atomic E-state index is 0.875. The highest BCUT2D eigenvalue weighted by Gasteiger charge is 2.15. The molecule has 12 heavy (non-hydrogen) atoms. The van der Waals surface area contributed by atoms with Crippen molar-refractivity contribution < 1.29 is 0 Å². The quantitative estimate of drug-likeness (QED) is 0.632. The van der Waals surface area contributed by atoms with E-state index in [9.17, 15) is 0 Å². The number of nitrogens with one attached hydrogen (secondary N) is 1. The van der Waals surface area contributed by atoms with Crippen LogP contribution in [0.1, 0.15) is 13.3 Å². The molecule has 0 amide bonds. The van der Waals surface area contributed by atoms with Crippen molar-refractivity contribution in [3.63, 3.8) is 0 Å². The molecule has 0 saturated carbocycles. The maximum atomic E-state index is 3.39. The van der Waals surface area contributed by atoms with E-state index in [1.165, 1.54) is 26.1 Å². The van der Waals surface area contributed by atoms with E-state index in [2.05, 4.69) is 36.3 Å². The summed E-state index contributed by atoms with van der Waals surface area (Å²) < 4.78 is 0. The van der Waals surface area contributed by atoms with Crippen molar-refractivity contribution in [3.05, 3.63) is 12.2 Å². The Morgan fingerprint density at radius 2 is 2.42 bits per heavy atom. The predicted octanol–water partition coefficient (Wildman–Crippen LogP) is 1.10. The highest BCUT2D eigenvalue weighted by molar-refractivity contribution is 4.82. The molecule has 0 aromatic carbocycles. The summed E-state index contributed by atoms with van der Waals surface area (Å²) in [6.45, 7) is 6.82. The van der Waals surface area contributed by atoms with Gasteiger partial charge in [0.05, 0.1) is 0 Å². The molecule has 1 N–H and O–H groups in total. The number of rotatable bonds is 4. The zero-order valence-electron chi connectivity index (χ0n) is 8.21. The van der Waals surface area contributed by atoms with Crippen LogP contribution in [0.15, 0.2) is 12.2 Å². The lowest BCUT2D eigenvalue weighted by Crippen LogP contribution is -2.27. The van der Waals surface area contributed by atoms with Crippen LogP contribution >= 0.6 is 0 Å². The summed E-state index contributed by atoms with van der Waals surface area (Å²) in [7, 11) is 2.19. The second-order valence-corrected chi connectivity index (χ2v) is 3.65. The molecule has 0 aliphatic carbocycles. The lowest BCUT2D eigenvalue weighted by atomic mass is 10.1. The zero-order chi connectivity index (χ0) is 8.81. The summed E-state index contributed by atoms with van der Waals surface area (Å²) in [5.74, 6) is 0.875. The van der Waals surface area contributed by atoms with Crippen LogP contribution in [0.25, 0.3) is 0 Å². The third-order valence-corrected chi connectivity index (χ3v) is 2.39. The Kier molecular flexibility index (Phi) is 4.33. The van der Waals surface area contributed by atoms with Gasteiger partial charge in [0, 0.05) is 13.1 Å². The van der Waals surface area contributed by atoms with Gasteiger partial charge in [-0.1, -0.05) is 12.2 Å². The van der Waals surface area contributed by atoms with E-state index in [-0.39, 0.29) is 0 Å². The molecular weight excluding hydrogens is 148 g/mol. The minimum atomic E-state index is 0.875. The first-order valence-electron chi connectivity index (χ1n) is 4.83. The molecule has 2 nitrogen and oxygen atoms in total. The normalized spacial score (nSPS) is 24.4. The summed E-state index contributed by atoms with van der Waals surface area (Å²) in [6, 6.07) is 0. The highest BCUT2D eigenvalue weighted by atomic mass is 15.1. The second-order valence-electron chi connectivity index (χ2n) is 3.65. The van der Waals surface area contributed by atoms with Gasteiger partial charge in [-0.2, -0.15) is 0 Å². The third-order valence-electron chi connectivity index (χ3n) is 2.39. The molecular formula is C10H20N2. The molecule has 0 spiro atoms. The average Bonchev–Trinajstić information content (AvgIpc) is 2.53. The second kappa shape index (κ2) is 5.33. The van der Waals surface area contributed by atoms with Gasteiger partial charge in [0.15, 0.2) is 0 Å². The van der Waals surface area contributed by atoms with Crippen molar-refractivity contribution >= 4 is 0 Å². The van der Waals surface area contributed by atoms with E-state index in [0.717, 1.165) is 12.5 Å². The molecule has 0 aromatic heterocycles. The smallest absolute Gasteiger partial charge is 0.0160 e. The van der Waals surface area contributed by atoms with Crippen molar-refractivity contribution in [2.75, 3.05) is 33.2 Å². The first-order valence-corrected chi connectivity index (χ1v) is 4.83. The Labute approximate surface area is 75.6 Å². The van der Waals surface area contributed by atoms with Crippen molar-refractivity contribution in [2.24, 2.45) is 5.92 Å². The van der Waals surface area contributed by atoms with Crippen LogP contribution in [0.4, 0.5) is 0 Å². The molecule has 1 saturated heterocycles. The van der Waals surface area contributed by atoms with Gasteiger partial charge < -0.3 is 10.2 Å². The lowest BCUT2D eigenvalue weighted by Gasteiger charge is -2.18. The third kappa shape index (κ3) is 3.37. The monoisotopic (exact) mass is 168 g/mol. The van der Waals surface area contributed by atoms with Crippen LogP contribution in [0.3, 0.4) is 0 Å². The standard InChI is InChI=1S/C10H20N2/c1-3-4-7-12(2)9-10-5-6-11-8-10/h3-4,10-11H,5-9H2,1-2H3/b4-3-. The van der Waals surface area contributed by atoms with Crippen molar-refractivity contribution in [1.29, 1.82) is 0 Å². The summed E-state index contributed by atoms with van der Waals surface area (Å²) >= 11 is 0. The van der Waals surface area contributed by atoms with E-state index in [1.807, 2.05) is 0 Å². The SMILES string of the molecule is C/C=C\CN(C)CC1CCNC1. The number of allylic oxidation sites excluding steroid dienone is 1. The lowest BCUT2D eigenvalue weighted by molar-refractivity contribution is 0.311. The van der Waals surface area contributed by atoms with Crippen LogP contribution in [0.2, 0.25) is 0 Å². The number of hydrogen-bond donors (Lipinski definition) is 1. The van der Waals surface area contributed by atoms with Crippen LogP contribution in [0.5, 0.6) is 0 Å². The van der Waals surface area contributed by atoms with Crippen molar-refractivity contribution in [1.82, 2.24) is 10.2 Å². The van der Waals surface area contributed by atoms with Crippen molar-refractivity contribution in [3.8, 4) is 0 Å². The van der Waals surface area contributed by atoms with Gasteiger partial charge in [-0.15, -0.1) is 0 Å². The Bertz CT molecular complexity index is 137. The Hall–Kier alpha value is -0.340. The van der Waals surface area contributed by atoms with Crippen molar-refractivity contribution in [2.45, 2.75) is 13.3 Å². The Balaban J connectivity index is 2.11. The van der Waals surface area contributed by atoms with Crippen LogP contribution < -0.4 is 5.32 Å². The van der Waals surface area contributed by atoms with Crippen LogP contribution in [-0.2, 0) is 0 Å². The zero-order valence-corrected chi connectivity index (χ0v) is 8.21. The van der Waals surface area contributed by atoms with E-state index >= 15 is 0 Å². The van der Waals surface area contributed by atoms with E-state index < -0.39 is 0 Å². The molecule has 1 rings (SSSR count). The minimum Gasteiger partial charge on any atom is -0.316 e. The summed E-state index contributed by atoms with van der Waals surface area (Å²) in [5.41, 5.74) is 0. The molecule has 0 radical (unpaired) electrons. The average molecular weight is 168 g/mol. The summed E-state index contributed by atoms with van der Waals surface area (Å²) in [6.07, 6.45) is 5.67. The largest absolute Gasteiger partial charge is 0.316 e. The van der Waals surface area contributed by atoms with Gasteiger partial charge in [-0.05, 0) is 39.4 Å². The first kappa shape index (κ1) is 9.75. The first-order chi connectivity index (χ1) is 5.83. The Morgan fingerprint density at radius 3 is 3.00 bits per heavy atom. The Morgan fingerprint density at radius 1 is 1.58 bits per heavy atom. The molecule has 1 fully saturated rings. The summed E-state index contributed by atoms with van der Waals surface area (Å²) in [5, 5.41) is 3.39. The molecule has 0 bridgehead atoms. The number of nitrogens with zero attached hydrogens (tertiary/aromatic N) is 1. The number of likely N-dealkylation sites (N-methyl/N-ethyl adjacent to an activating group) is 1. The van der Waals surface area contributed by atoms with Gasteiger partial charge in [0.1, 0.15) is 0 Å². The van der Waals surface area contributed by atoms with E-state index in [4.69, 9.17) is 0 Å². The fourth-order valence-corrected chi connectivity index (χ4v) is 1.67. The fraction of sp³-hybridized carbons (Fsp3) is 0.800. The van der Waals surface area contributed by atoms with E-state index in [1.54, 1.807) is 0 Å². The molecule has 0 aromatic rings. The molecule has 1 atom stereocenters. The summed E-state index contributed by atoms with van der Waals surface area (Å²) in [4.78, 5) is 2.39. The van der Waals surface area contributed by atoms with Crippen LogP contribution in [-0.4, -0.2) is 38.1 Å². The maximum absolute atomic E-state index is 3.39. The van der Waals surface area contributed by atoms with Gasteiger partial charge in [0.25, 0.3) is 0 Å². The van der Waals surface area contributed by atoms with Gasteiger partial charge in [0.2, 0.25) is 0 Å². The molecule has 1 aliphatic heterocycles. The topological polar surface area (TPSA) is 15.3 Å². The molecule has 1 heterocycles. The van der Waals surface area contributed by atoms with Crippen LogP contribution in [0, 0.1) is 5.92 Å². The molecule has 1 unspecified atom stereocenters. The molecule has 70 valence electrons.